The van der Waals surface area contributed by atoms with E-state index < -0.39 is 0 Å². The molecule has 1 saturated heterocycles. The third-order valence-corrected chi connectivity index (χ3v) is 4.72. The zero-order valence-corrected chi connectivity index (χ0v) is 14.0. The number of rotatable bonds is 6. The fourth-order valence-corrected chi connectivity index (χ4v) is 2.66. The standard InChI is InChI=1S/C17H31NO2/c1-12(2)13(3)9-7-8-10-18-15(19)11-14(16(18)20)17(4,5)6/h12-14H,7-11H2,1-6H3. The number of imide groups is 1. The molecule has 0 radical (unpaired) electrons. The van der Waals surface area contributed by atoms with E-state index in [-0.39, 0.29) is 23.1 Å². The maximum Gasteiger partial charge on any atom is 0.233 e. The van der Waals surface area contributed by atoms with Gasteiger partial charge in [-0.1, -0.05) is 54.4 Å². The molecular weight excluding hydrogens is 250 g/mol. The van der Waals surface area contributed by atoms with E-state index in [1.165, 1.54) is 11.3 Å². The summed E-state index contributed by atoms with van der Waals surface area (Å²) < 4.78 is 0. The Morgan fingerprint density at radius 2 is 1.75 bits per heavy atom. The third-order valence-electron chi connectivity index (χ3n) is 4.72. The molecule has 0 spiro atoms. The monoisotopic (exact) mass is 281 g/mol. The Hall–Kier alpha value is -0.860. The number of carbonyl (C=O) groups is 2. The molecule has 3 nitrogen and oxygen atoms in total. The number of likely N-dealkylation sites (tertiary alicyclic amines) is 1. The SMILES string of the molecule is CC(C)C(C)CCCCN1C(=O)CC(C(C)(C)C)C1=O. The van der Waals surface area contributed by atoms with Gasteiger partial charge in [-0.05, 0) is 23.7 Å². The molecule has 116 valence electrons. The first kappa shape index (κ1) is 17.2. The van der Waals surface area contributed by atoms with Crippen LogP contribution in [0.25, 0.3) is 0 Å². The predicted molar refractivity (Wildman–Crippen MR) is 82.1 cm³/mol. The van der Waals surface area contributed by atoms with Gasteiger partial charge in [0.2, 0.25) is 11.8 Å². The minimum Gasteiger partial charge on any atom is -0.282 e. The molecule has 1 heterocycles. The number of hydrogen-bond acceptors (Lipinski definition) is 2. The van der Waals surface area contributed by atoms with Crippen molar-refractivity contribution in [3.05, 3.63) is 0 Å². The average Bonchev–Trinajstić information content (AvgIpc) is 2.60. The van der Waals surface area contributed by atoms with Crippen LogP contribution in [0, 0.1) is 23.2 Å². The van der Waals surface area contributed by atoms with Crippen molar-refractivity contribution >= 4 is 11.8 Å². The highest BCUT2D eigenvalue weighted by atomic mass is 16.2. The zero-order valence-electron chi connectivity index (χ0n) is 14.0. The highest BCUT2D eigenvalue weighted by Crippen LogP contribution is 2.35. The average molecular weight is 281 g/mol. The Morgan fingerprint density at radius 3 is 2.20 bits per heavy atom. The minimum atomic E-state index is -0.135. The Balaban J connectivity index is 2.41. The fourth-order valence-electron chi connectivity index (χ4n) is 2.66. The summed E-state index contributed by atoms with van der Waals surface area (Å²) in [4.78, 5) is 25.8. The summed E-state index contributed by atoms with van der Waals surface area (Å²) in [5.74, 6) is 1.34. The van der Waals surface area contributed by atoms with Crippen molar-refractivity contribution in [2.24, 2.45) is 23.2 Å². The molecule has 1 rings (SSSR count). The minimum absolute atomic E-state index is 0.0202. The summed E-state index contributed by atoms with van der Waals surface area (Å²) in [6, 6.07) is 0. The normalized spacial score (nSPS) is 21.9. The molecule has 2 atom stereocenters. The topological polar surface area (TPSA) is 37.4 Å². The van der Waals surface area contributed by atoms with Gasteiger partial charge in [0.05, 0.1) is 5.92 Å². The summed E-state index contributed by atoms with van der Waals surface area (Å²) >= 11 is 0. The van der Waals surface area contributed by atoms with Gasteiger partial charge in [0.1, 0.15) is 0 Å². The van der Waals surface area contributed by atoms with E-state index in [0.717, 1.165) is 12.8 Å². The van der Waals surface area contributed by atoms with Gasteiger partial charge in [0.15, 0.2) is 0 Å². The molecule has 0 aromatic rings. The van der Waals surface area contributed by atoms with Crippen molar-refractivity contribution in [3.63, 3.8) is 0 Å². The number of amides is 2. The summed E-state index contributed by atoms with van der Waals surface area (Å²) in [5, 5.41) is 0. The van der Waals surface area contributed by atoms with Crippen LogP contribution in [0.15, 0.2) is 0 Å². The molecule has 3 heteroatoms. The summed E-state index contributed by atoms with van der Waals surface area (Å²) in [6.45, 7) is 13.5. The maximum atomic E-state index is 12.3. The second-order valence-corrected chi connectivity index (χ2v) is 7.72. The van der Waals surface area contributed by atoms with Crippen LogP contribution in [-0.2, 0) is 9.59 Å². The highest BCUT2D eigenvalue weighted by Gasteiger charge is 2.44. The van der Waals surface area contributed by atoms with Crippen LogP contribution in [0.3, 0.4) is 0 Å². The predicted octanol–water partition coefficient (Wildman–Crippen LogP) is 3.87. The Morgan fingerprint density at radius 1 is 1.15 bits per heavy atom. The van der Waals surface area contributed by atoms with E-state index in [0.29, 0.717) is 24.8 Å². The van der Waals surface area contributed by atoms with Gasteiger partial charge in [-0.25, -0.2) is 0 Å². The van der Waals surface area contributed by atoms with Gasteiger partial charge in [0, 0.05) is 13.0 Å². The van der Waals surface area contributed by atoms with Gasteiger partial charge >= 0.3 is 0 Å². The lowest BCUT2D eigenvalue weighted by Crippen LogP contribution is -2.34. The van der Waals surface area contributed by atoms with Gasteiger partial charge in [0.25, 0.3) is 0 Å². The molecule has 1 fully saturated rings. The molecule has 20 heavy (non-hydrogen) atoms. The third kappa shape index (κ3) is 4.32. The van der Waals surface area contributed by atoms with E-state index in [1.807, 2.05) is 20.8 Å². The van der Waals surface area contributed by atoms with Crippen LogP contribution in [-0.4, -0.2) is 23.3 Å². The highest BCUT2D eigenvalue weighted by molar-refractivity contribution is 6.03. The van der Waals surface area contributed by atoms with Gasteiger partial charge in [-0.2, -0.15) is 0 Å². The van der Waals surface area contributed by atoms with Crippen molar-refractivity contribution in [2.75, 3.05) is 6.54 Å². The van der Waals surface area contributed by atoms with Crippen LogP contribution in [0.2, 0.25) is 0 Å². The first-order chi connectivity index (χ1) is 9.14. The second-order valence-electron chi connectivity index (χ2n) is 7.72. The van der Waals surface area contributed by atoms with E-state index in [4.69, 9.17) is 0 Å². The van der Waals surface area contributed by atoms with Crippen LogP contribution in [0.5, 0.6) is 0 Å². The molecule has 0 aromatic heterocycles. The lowest BCUT2D eigenvalue weighted by molar-refractivity contribution is -0.140. The lowest BCUT2D eigenvalue weighted by atomic mass is 9.80. The first-order valence-corrected chi connectivity index (χ1v) is 7.98. The van der Waals surface area contributed by atoms with Crippen LogP contribution in [0.1, 0.15) is 67.2 Å². The Labute approximate surface area is 124 Å². The maximum absolute atomic E-state index is 12.3. The van der Waals surface area contributed by atoms with E-state index in [2.05, 4.69) is 20.8 Å². The number of unbranched alkanes of at least 4 members (excludes halogenated alkanes) is 1. The molecular formula is C17H31NO2. The van der Waals surface area contributed by atoms with Crippen LogP contribution < -0.4 is 0 Å². The van der Waals surface area contributed by atoms with Crippen molar-refractivity contribution in [3.8, 4) is 0 Å². The van der Waals surface area contributed by atoms with Crippen molar-refractivity contribution < 1.29 is 9.59 Å². The van der Waals surface area contributed by atoms with Crippen LogP contribution >= 0.6 is 0 Å². The summed E-state index contributed by atoms with van der Waals surface area (Å²) in [5.41, 5.74) is -0.117. The van der Waals surface area contributed by atoms with Gasteiger partial charge in [-0.3, -0.25) is 14.5 Å². The molecule has 1 aliphatic heterocycles. The zero-order chi connectivity index (χ0) is 15.5. The largest absolute Gasteiger partial charge is 0.282 e. The molecule has 0 saturated carbocycles. The van der Waals surface area contributed by atoms with Crippen molar-refractivity contribution in [1.82, 2.24) is 4.90 Å². The molecule has 0 bridgehead atoms. The molecule has 2 amide bonds. The quantitative estimate of drug-likeness (QED) is 0.547. The van der Waals surface area contributed by atoms with Gasteiger partial charge < -0.3 is 0 Å². The molecule has 0 aromatic carbocycles. The Bertz CT molecular complexity index is 354. The molecule has 0 aliphatic carbocycles. The fraction of sp³-hybridized carbons (Fsp3) is 0.882. The van der Waals surface area contributed by atoms with E-state index in [1.54, 1.807) is 0 Å². The summed E-state index contributed by atoms with van der Waals surface area (Å²) in [6.07, 6.45) is 3.60. The molecule has 1 aliphatic rings. The molecule has 0 N–H and O–H groups in total. The van der Waals surface area contributed by atoms with E-state index >= 15 is 0 Å². The van der Waals surface area contributed by atoms with Crippen molar-refractivity contribution in [2.45, 2.75) is 67.2 Å². The lowest BCUT2D eigenvalue weighted by Gasteiger charge is -2.25. The van der Waals surface area contributed by atoms with Gasteiger partial charge in [-0.15, -0.1) is 0 Å². The smallest absolute Gasteiger partial charge is 0.233 e. The summed E-state index contributed by atoms with van der Waals surface area (Å²) in [7, 11) is 0. The first-order valence-electron chi connectivity index (χ1n) is 7.98. The Kier molecular flexibility index (Phi) is 5.79. The number of carbonyl (C=O) groups excluding carboxylic acids is 2. The van der Waals surface area contributed by atoms with E-state index in [9.17, 15) is 9.59 Å². The molecule has 2 unspecified atom stereocenters. The van der Waals surface area contributed by atoms with Crippen molar-refractivity contribution in [1.29, 1.82) is 0 Å². The number of hydrogen-bond donors (Lipinski definition) is 0. The van der Waals surface area contributed by atoms with Crippen LogP contribution in [0.4, 0.5) is 0 Å². The number of nitrogens with zero attached hydrogens (tertiary/aromatic N) is 1. The second kappa shape index (κ2) is 6.73.